The zero-order chi connectivity index (χ0) is 14.1. The quantitative estimate of drug-likeness (QED) is 0.622. The number of alkyl halides is 3. The standard InChI is InChI=1S/C9H10BF4NO3/c1-8(2,9(12,13)14)18-7-6(11)3-5(4-15-7)10(16)17/h3-4,16-17H,1-2H3. The third kappa shape index (κ3) is 3.11. The van der Waals surface area contributed by atoms with Crippen molar-refractivity contribution >= 4 is 12.6 Å². The van der Waals surface area contributed by atoms with Gasteiger partial charge in [-0.2, -0.15) is 13.2 Å². The lowest BCUT2D eigenvalue weighted by Gasteiger charge is -2.28. The molecule has 0 saturated heterocycles. The summed E-state index contributed by atoms with van der Waals surface area (Å²) in [6, 6.07) is 0.638. The zero-order valence-corrected chi connectivity index (χ0v) is 9.49. The van der Waals surface area contributed by atoms with E-state index in [4.69, 9.17) is 10.0 Å². The lowest BCUT2D eigenvalue weighted by molar-refractivity contribution is -0.235. The molecule has 9 heteroatoms. The van der Waals surface area contributed by atoms with E-state index in [0.717, 1.165) is 20.0 Å². The summed E-state index contributed by atoms with van der Waals surface area (Å²) in [5.41, 5.74) is -2.90. The first-order valence-corrected chi connectivity index (χ1v) is 4.82. The Morgan fingerprint density at radius 2 is 1.83 bits per heavy atom. The Kier molecular flexibility index (Phi) is 3.87. The summed E-state index contributed by atoms with van der Waals surface area (Å²) in [5, 5.41) is 17.5. The van der Waals surface area contributed by atoms with Gasteiger partial charge < -0.3 is 14.8 Å². The van der Waals surface area contributed by atoms with Crippen molar-refractivity contribution in [1.82, 2.24) is 4.98 Å². The maximum absolute atomic E-state index is 13.4. The van der Waals surface area contributed by atoms with Crippen LogP contribution < -0.4 is 10.2 Å². The first-order chi connectivity index (χ1) is 8.04. The minimum Gasteiger partial charge on any atom is -0.460 e. The molecule has 0 aliphatic carbocycles. The average molecular weight is 267 g/mol. The summed E-state index contributed by atoms with van der Waals surface area (Å²) in [5.74, 6) is -2.07. The van der Waals surface area contributed by atoms with Gasteiger partial charge in [-0.15, -0.1) is 0 Å². The largest absolute Gasteiger partial charge is 0.490 e. The fourth-order valence-corrected chi connectivity index (χ4v) is 0.956. The molecule has 18 heavy (non-hydrogen) atoms. The molecule has 0 aromatic carbocycles. The Bertz CT molecular complexity index is 436. The number of halogens is 4. The van der Waals surface area contributed by atoms with Crippen LogP contribution in [0.2, 0.25) is 0 Å². The van der Waals surface area contributed by atoms with Crippen LogP contribution >= 0.6 is 0 Å². The van der Waals surface area contributed by atoms with Gasteiger partial charge in [0.25, 0.3) is 5.88 Å². The predicted octanol–water partition coefficient (Wildman–Crippen LogP) is 0.620. The van der Waals surface area contributed by atoms with Gasteiger partial charge in [0.15, 0.2) is 11.4 Å². The molecular weight excluding hydrogens is 257 g/mol. The van der Waals surface area contributed by atoms with E-state index in [-0.39, 0.29) is 5.46 Å². The Morgan fingerprint density at radius 1 is 1.28 bits per heavy atom. The number of hydrogen-bond donors (Lipinski definition) is 2. The third-order valence-corrected chi connectivity index (χ3v) is 2.16. The van der Waals surface area contributed by atoms with Crippen LogP contribution in [0.1, 0.15) is 13.8 Å². The van der Waals surface area contributed by atoms with E-state index < -0.39 is 30.6 Å². The van der Waals surface area contributed by atoms with Gasteiger partial charge in [0.1, 0.15) is 0 Å². The summed E-state index contributed by atoms with van der Waals surface area (Å²) < 4.78 is 55.3. The van der Waals surface area contributed by atoms with Crippen LogP contribution in [0.15, 0.2) is 12.3 Å². The van der Waals surface area contributed by atoms with Crippen molar-refractivity contribution in [2.45, 2.75) is 25.6 Å². The molecule has 100 valence electrons. The minimum absolute atomic E-state index is 0.287. The fraction of sp³-hybridized carbons (Fsp3) is 0.444. The van der Waals surface area contributed by atoms with E-state index in [1.54, 1.807) is 0 Å². The first kappa shape index (κ1) is 14.7. The van der Waals surface area contributed by atoms with Crippen LogP contribution in [0.3, 0.4) is 0 Å². The molecule has 0 spiro atoms. The maximum Gasteiger partial charge on any atom is 0.490 e. The van der Waals surface area contributed by atoms with E-state index in [1.165, 1.54) is 0 Å². The Labute approximate surface area is 100 Å². The van der Waals surface area contributed by atoms with Crippen LogP contribution in [-0.4, -0.2) is 33.9 Å². The van der Waals surface area contributed by atoms with Crippen LogP contribution in [0.5, 0.6) is 5.88 Å². The highest BCUT2D eigenvalue weighted by Crippen LogP contribution is 2.33. The van der Waals surface area contributed by atoms with Gasteiger partial charge in [0.05, 0.1) is 0 Å². The lowest BCUT2D eigenvalue weighted by atomic mass is 9.82. The Hall–Kier alpha value is -1.35. The predicted molar refractivity (Wildman–Crippen MR) is 54.8 cm³/mol. The van der Waals surface area contributed by atoms with Gasteiger partial charge in [-0.05, 0) is 19.9 Å². The molecule has 0 aliphatic heterocycles. The monoisotopic (exact) mass is 267 g/mol. The van der Waals surface area contributed by atoms with Gasteiger partial charge in [-0.3, -0.25) is 0 Å². The topological polar surface area (TPSA) is 62.6 Å². The SMILES string of the molecule is CC(C)(Oc1ncc(B(O)O)cc1F)C(F)(F)F. The first-order valence-electron chi connectivity index (χ1n) is 4.82. The molecule has 0 saturated carbocycles. The number of pyridine rings is 1. The summed E-state index contributed by atoms with van der Waals surface area (Å²) in [7, 11) is -1.96. The second-order valence-corrected chi connectivity index (χ2v) is 4.04. The molecule has 1 rings (SSSR count). The summed E-state index contributed by atoms with van der Waals surface area (Å²) >= 11 is 0. The molecule has 0 radical (unpaired) electrons. The number of nitrogens with zero attached hydrogens (tertiary/aromatic N) is 1. The van der Waals surface area contributed by atoms with Crippen molar-refractivity contribution < 1.29 is 32.3 Å². The molecule has 1 aromatic heterocycles. The van der Waals surface area contributed by atoms with E-state index in [0.29, 0.717) is 6.07 Å². The van der Waals surface area contributed by atoms with Crippen LogP contribution in [0.25, 0.3) is 0 Å². The van der Waals surface area contributed by atoms with Crippen LogP contribution in [-0.2, 0) is 0 Å². The number of aromatic nitrogens is 1. The smallest absolute Gasteiger partial charge is 0.460 e. The van der Waals surface area contributed by atoms with Crippen molar-refractivity contribution in [3.05, 3.63) is 18.1 Å². The molecule has 0 bridgehead atoms. The lowest BCUT2D eigenvalue weighted by Crippen LogP contribution is -2.45. The van der Waals surface area contributed by atoms with Crippen molar-refractivity contribution in [2.24, 2.45) is 0 Å². The molecule has 4 nitrogen and oxygen atoms in total. The van der Waals surface area contributed by atoms with Gasteiger partial charge in [0, 0.05) is 11.7 Å². The molecule has 2 N–H and O–H groups in total. The Morgan fingerprint density at radius 3 is 2.22 bits per heavy atom. The van der Waals surface area contributed by atoms with Gasteiger partial charge >= 0.3 is 13.3 Å². The average Bonchev–Trinajstić information content (AvgIpc) is 2.18. The van der Waals surface area contributed by atoms with E-state index >= 15 is 0 Å². The third-order valence-electron chi connectivity index (χ3n) is 2.16. The zero-order valence-electron chi connectivity index (χ0n) is 9.49. The number of ether oxygens (including phenoxy) is 1. The highest BCUT2D eigenvalue weighted by Gasteiger charge is 2.50. The molecule has 0 aliphatic rings. The molecule has 0 amide bonds. The van der Waals surface area contributed by atoms with Crippen molar-refractivity contribution in [2.75, 3.05) is 0 Å². The molecule has 0 atom stereocenters. The molecule has 1 heterocycles. The van der Waals surface area contributed by atoms with E-state index in [9.17, 15) is 17.6 Å². The van der Waals surface area contributed by atoms with Gasteiger partial charge in [0.2, 0.25) is 0 Å². The summed E-state index contributed by atoms with van der Waals surface area (Å²) in [6.07, 6.45) is -3.88. The van der Waals surface area contributed by atoms with Gasteiger partial charge in [-0.1, -0.05) is 0 Å². The van der Waals surface area contributed by atoms with E-state index in [2.05, 4.69) is 9.72 Å². The number of hydrogen-bond acceptors (Lipinski definition) is 4. The Balaban J connectivity index is 3.00. The van der Waals surface area contributed by atoms with Crippen molar-refractivity contribution in [3.63, 3.8) is 0 Å². The summed E-state index contributed by atoms with van der Waals surface area (Å²) in [6.45, 7) is 1.45. The maximum atomic E-state index is 13.4. The van der Waals surface area contributed by atoms with E-state index in [1.807, 2.05) is 0 Å². The molecule has 0 fully saturated rings. The highest BCUT2D eigenvalue weighted by molar-refractivity contribution is 6.58. The molecule has 1 aromatic rings. The number of rotatable bonds is 3. The highest BCUT2D eigenvalue weighted by atomic mass is 19.4. The second kappa shape index (κ2) is 4.73. The van der Waals surface area contributed by atoms with Crippen molar-refractivity contribution in [1.29, 1.82) is 0 Å². The second-order valence-electron chi connectivity index (χ2n) is 4.04. The molecule has 0 unspecified atom stereocenters. The van der Waals surface area contributed by atoms with Crippen LogP contribution in [0.4, 0.5) is 17.6 Å². The van der Waals surface area contributed by atoms with Crippen molar-refractivity contribution in [3.8, 4) is 5.88 Å². The van der Waals surface area contributed by atoms with Gasteiger partial charge in [-0.25, -0.2) is 9.37 Å². The summed E-state index contributed by atoms with van der Waals surface area (Å²) in [4.78, 5) is 3.28. The normalized spacial score (nSPS) is 12.4. The fourth-order valence-electron chi connectivity index (χ4n) is 0.956. The minimum atomic E-state index is -4.70. The molecular formula is C9H10BF4NO3. The van der Waals surface area contributed by atoms with Crippen LogP contribution in [0, 0.1) is 5.82 Å².